The molecule has 118 valence electrons. The molecule has 1 aliphatic heterocycles. The lowest BCUT2D eigenvalue weighted by Crippen LogP contribution is -2.41. The van der Waals surface area contributed by atoms with E-state index in [2.05, 4.69) is 44.6 Å². The van der Waals surface area contributed by atoms with Gasteiger partial charge in [0.1, 0.15) is 11.9 Å². The Bertz CT molecular complexity index is 591. The fraction of sp³-hybridized carbons (Fsp3) is 0.312. The van der Waals surface area contributed by atoms with Crippen LogP contribution in [0.25, 0.3) is 0 Å². The maximum atomic E-state index is 5.91. The highest BCUT2D eigenvalue weighted by Gasteiger charge is 2.22. The normalized spacial score (nSPS) is 16.4. The van der Waals surface area contributed by atoms with Gasteiger partial charge < -0.3 is 15.4 Å². The van der Waals surface area contributed by atoms with Gasteiger partial charge in [0.25, 0.3) is 0 Å². The SMILES string of the molecule is CN=C(NCc1ccsc1)NCC1Cc2ccccc2O1.I. The van der Waals surface area contributed by atoms with Gasteiger partial charge >= 0.3 is 0 Å². The van der Waals surface area contributed by atoms with Crippen molar-refractivity contribution in [3.8, 4) is 5.75 Å². The van der Waals surface area contributed by atoms with Crippen molar-refractivity contribution in [2.45, 2.75) is 19.1 Å². The van der Waals surface area contributed by atoms with Crippen LogP contribution < -0.4 is 15.4 Å². The molecule has 2 heterocycles. The first kappa shape index (κ1) is 17.1. The van der Waals surface area contributed by atoms with Crippen molar-refractivity contribution in [1.29, 1.82) is 0 Å². The number of aliphatic imine (C=N–C) groups is 1. The summed E-state index contributed by atoms with van der Waals surface area (Å²) < 4.78 is 5.91. The van der Waals surface area contributed by atoms with E-state index in [1.165, 1.54) is 11.1 Å². The molecule has 1 aromatic carbocycles. The van der Waals surface area contributed by atoms with Crippen LogP contribution in [0.15, 0.2) is 46.1 Å². The lowest BCUT2D eigenvalue weighted by molar-refractivity contribution is 0.235. The number of nitrogens with zero attached hydrogens (tertiary/aromatic N) is 1. The lowest BCUT2D eigenvalue weighted by Gasteiger charge is -2.15. The topological polar surface area (TPSA) is 45.7 Å². The number of guanidine groups is 1. The maximum absolute atomic E-state index is 5.91. The van der Waals surface area contributed by atoms with E-state index in [4.69, 9.17) is 4.74 Å². The van der Waals surface area contributed by atoms with Crippen LogP contribution in [-0.4, -0.2) is 25.7 Å². The molecule has 0 aliphatic carbocycles. The zero-order valence-electron chi connectivity index (χ0n) is 12.4. The molecule has 0 amide bonds. The number of para-hydroxylation sites is 1. The minimum Gasteiger partial charge on any atom is -0.488 e. The van der Waals surface area contributed by atoms with Crippen molar-refractivity contribution in [2.75, 3.05) is 13.6 Å². The molecule has 1 aliphatic rings. The molecular formula is C16H20IN3OS. The summed E-state index contributed by atoms with van der Waals surface area (Å²) in [6.07, 6.45) is 1.12. The maximum Gasteiger partial charge on any atom is 0.191 e. The van der Waals surface area contributed by atoms with E-state index >= 15 is 0 Å². The number of thiophene rings is 1. The molecular weight excluding hydrogens is 409 g/mol. The standard InChI is InChI=1S/C16H19N3OS.HI/c1-17-16(18-9-12-6-7-21-11-12)19-10-14-8-13-4-2-3-5-15(13)20-14;/h2-7,11,14H,8-10H2,1H3,(H2,17,18,19);1H. The molecule has 6 heteroatoms. The molecule has 0 spiro atoms. The average molecular weight is 429 g/mol. The predicted octanol–water partition coefficient (Wildman–Crippen LogP) is 3.03. The summed E-state index contributed by atoms with van der Waals surface area (Å²) in [7, 11) is 1.78. The van der Waals surface area contributed by atoms with Crippen molar-refractivity contribution in [1.82, 2.24) is 10.6 Å². The van der Waals surface area contributed by atoms with Crippen LogP contribution in [0.4, 0.5) is 0 Å². The first-order valence-corrected chi connectivity index (χ1v) is 7.99. The molecule has 1 atom stereocenters. The summed E-state index contributed by atoms with van der Waals surface area (Å²) >= 11 is 1.71. The Morgan fingerprint density at radius 3 is 2.91 bits per heavy atom. The molecule has 0 bridgehead atoms. The van der Waals surface area contributed by atoms with Gasteiger partial charge in [-0.25, -0.2) is 0 Å². The Balaban J connectivity index is 0.00000176. The van der Waals surface area contributed by atoms with E-state index in [0.717, 1.165) is 31.2 Å². The van der Waals surface area contributed by atoms with Crippen molar-refractivity contribution in [3.63, 3.8) is 0 Å². The number of fused-ring (bicyclic) bond motifs is 1. The first-order valence-electron chi connectivity index (χ1n) is 7.05. The third-order valence-electron chi connectivity index (χ3n) is 3.47. The Kier molecular flexibility index (Phi) is 6.50. The lowest BCUT2D eigenvalue weighted by atomic mass is 10.1. The van der Waals surface area contributed by atoms with Gasteiger partial charge in [0, 0.05) is 20.0 Å². The van der Waals surface area contributed by atoms with E-state index < -0.39 is 0 Å². The van der Waals surface area contributed by atoms with E-state index in [9.17, 15) is 0 Å². The minimum atomic E-state index is 0. The zero-order valence-corrected chi connectivity index (χ0v) is 15.6. The molecule has 4 nitrogen and oxygen atoms in total. The number of halogens is 1. The number of hydrogen-bond acceptors (Lipinski definition) is 3. The summed E-state index contributed by atoms with van der Waals surface area (Å²) in [5.41, 5.74) is 2.55. The summed E-state index contributed by atoms with van der Waals surface area (Å²) in [5.74, 6) is 1.81. The first-order chi connectivity index (χ1) is 10.3. The molecule has 0 saturated carbocycles. The van der Waals surface area contributed by atoms with Crippen molar-refractivity contribution < 1.29 is 4.74 Å². The molecule has 22 heavy (non-hydrogen) atoms. The summed E-state index contributed by atoms with van der Waals surface area (Å²) in [6, 6.07) is 10.3. The minimum absolute atomic E-state index is 0. The Hall–Kier alpha value is -1.28. The van der Waals surface area contributed by atoms with Gasteiger partial charge in [-0.1, -0.05) is 18.2 Å². The highest BCUT2D eigenvalue weighted by molar-refractivity contribution is 14.0. The third-order valence-corrected chi connectivity index (χ3v) is 4.21. The largest absolute Gasteiger partial charge is 0.488 e. The van der Waals surface area contributed by atoms with Crippen LogP contribution in [0.5, 0.6) is 5.75 Å². The number of rotatable bonds is 4. The number of hydrogen-bond donors (Lipinski definition) is 2. The van der Waals surface area contributed by atoms with E-state index in [-0.39, 0.29) is 30.1 Å². The molecule has 3 rings (SSSR count). The van der Waals surface area contributed by atoms with Crippen molar-refractivity contribution in [2.24, 2.45) is 4.99 Å². The summed E-state index contributed by atoms with van der Waals surface area (Å²) in [6.45, 7) is 1.53. The van der Waals surface area contributed by atoms with Gasteiger partial charge in [-0.15, -0.1) is 24.0 Å². The highest BCUT2D eigenvalue weighted by atomic mass is 127. The predicted molar refractivity (Wildman–Crippen MR) is 102 cm³/mol. The monoisotopic (exact) mass is 429 g/mol. The number of ether oxygens (including phenoxy) is 1. The van der Waals surface area contributed by atoms with Gasteiger partial charge in [0.05, 0.1) is 6.54 Å². The van der Waals surface area contributed by atoms with Gasteiger partial charge in [0.15, 0.2) is 5.96 Å². The van der Waals surface area contributed by atoms with Crippen LogP contribution >= 0.6 is 35.3 Å². The van der Waals surface area contributed by atoms with E-state index in [0.29, 0.717) is 0 Å². The molecule has 1 unspecified atom stereocenters. The summed E-state index contributed by atoms with van der Waals surface area (Å²) in [5, 5.41) is 10.8. The van der Waals surface area contributed by atoms with E-state index in [1.54, 1.807) is 18.4 Å². The molecule has 0 saturated heterocycles. The molecule has 2 aromatic rings. The average Bonchev–Trinajstić information content (AvgIpc) is 3.16. The van der Waals surface area contributed by atoms with Gasteiger partial charge in [-0.05, 0) is 34.0 Å². The van der Waals surface area contributed by atoms with E-state index in [1.807, 2.05) is 12.1 Å². The van der Waals surface area contributed by atoms with Gasteiger partial charge in [0.2, 0.25) is 0 Å². The summed E-state index contributed by atoms with van der Waals surface area (Å²) in [4.78, 5) is 4.24. The van der Waals surface area contributed by atoms with Gasteiger partial charge in [-0.3, -0.25) is 4.99 Å². The fourth-order valence-corrected chi connectivity index (χ4v) is 3.05. The fourth-order valence-electron chi connectivity index (χ4n) is 2.38. The molecule has 0 radical (unpaired) electrons. The van der Waals surface area contributed by atoms with Crippen LogP contribution in [0.1, 0.15) is 11.1 Å². The van der Waals surface area contributed by atoms with Crippen LogP contribution in [-0.2, 0) is 13.0 Å². The number of nitrogens with one attached hydrogen (secondary N) is 2. The van der Waals surface area contributed by atoms with Crippen LogP contribution in [0.2, 0.25) is 0 Å². The van der Waals surface area contributed by atoms with Crippen LogP contribution in [0.3, 0.4) is 0 Å². The second-order valence-electron chi connectivity index (χ2n) is 4.99. The highest BCUT2D eigenvalue weighted by Crippen LogP contribution is 2.27. The molecule has 2 N–H and O–H groups in total. The Labute approximate surface area is 152 Å². The molecule has 0 fully saturated rings. The smallest absolute Gasteiger partial charge is 0.191 e. The quantitative estimate of drug-likeness (QED) is 0.446. The van der Waals surface area contributed by atoms with Crippen LogP contribution in [0, 0.1) is 0 Å². The Morgan fingerprint density at radius 2 is 2.18 bits per heavy atom. The van der Waals surface area contributed by atoms with Crippen molar-refractivity contribution >= 4 is 41.3 Å². The second kappa shape index (κ2) is 8.38. The van der Waals surface area contributed by atoms with Crippen molar-refractivity contribution in [3.05, 3.63) is 52.2 Å². The van der Waals surface area contributed by atoms with Gasteiger partial charge in [-0.2, -0.15) is 11.3 Å². The molecule has 1 aromatic heterocycles. The second-order valence-corrected chi connectivity index (χ2v) is 5.77. The zero-order chi connectivity index (χ0) is 14.5. The Morgan fingerprint density at radius 1 is 1.32 bits per heavy atom. The third kappa shape index (κ3) is 4.36. The number of benzene rings is 1.